The Balaban J connectivity index is 1.89. The Morgan fingerprint density at radius 2 is 1.80 bits per heavy atom. The van der Waals surface area contributed by atoms with Gasteiger partial charge in [0.1, 0.15) is 11.9 Å². The first kappa shape index (κ1) is 22.8. The largest absolute Gasteiger partial charge is 0.433 e. The zero-order chi connectivity index (χ0) is 22.1. The van der Waals surface area contributed by atoms with Crippen LogP contribution in [0.3, 0.4) is 0 Å². The second-order valence-corrected chi connectivity index (χ2v) is 7.57. The van der Waals surface area contributed by atoms with Crippen LogP contribution in [0.1, 0.15) is 48.7 Å². The molecule has 1 aromatic carbocycles. The van der Waals surface area contributed by atoms with E-state index in [0.29, 0.717) is 24.7 Å². The van der Waals surface area contributed by atoms with E-state index in [-0.39, 0.29) is 17.5 Å². The first-order valence-corrected chi connectivity index (χ1v) is 9.68. The first-order valence-electron chi connectivity index (χ1n) is 9.68. The molecule has 0 bridgehead atoms. The van der Waals surface area contributed by atoms with E-state index in [0.717, 1.165) is 31.7 Å². The summed E-state index contributed by atoms with van der Waals surface area (Å²) in [5, 5.41) is 13.0. The first-order chi connectivity index (χ1) is 14.0. The van der Waals surface area contributed by atoms with Gasteiger partial charge in [-0.1, -0.05) is 25.0 Å². The van der Waals surface area contributed by atoms with Gasteiger partial charge in [-0.15, -0.1) is 0 Å². The van der Waals surface area contributed by atoms with Crippen molar-refractivity contribution in [2.75, 3.05) is 20.1 Å². The molecule has 2 N–H and O–H groups in total. The standard InChI is InChI=1S/C20H23F6N3O/c1-29(12-5-2-3-6-12)10-9-27-18(30)14-11-16(20(24,25)26)28-17-13(14)7-4-8-15(17)19(21,22)23/h4,7-8,11-12,18,27,30H,2-3,5-6,9-10H2,1H3. The number of hydrogen-bond acceptors (Lipinski definition) is 4. The monoisotopic (exact) mass is 435 g/mol. The van der Waals surface area contributed by atoms with Crippen LogP contribution >= 0.6 is 0 Å². The third-order valence-electron chi connectivity index (χ3n) is 5.51. The van der Waals surface area contributed by atoms with Crippen LogP contribution in [0.15, 0.2) is 24.3 Å². The molecule has 30 heavy (non-hydrogen) atoms. The zero-order valence-corrected chi connectivity index (χ0v) is 16.3. The summed E-state index contributed by atoms with van der Waals surface area (Å²) in [7, 11) is 1.93. The van der Waals surface area contributed by atoms with Crippen LogP contribution in [0, 0.1) is 0 Å². The van der Waals surface area contributed by atoms with Crippen molar-refractivity contribution in [1.82, 2.24) is 15.2 Å². The normalized spacial score (nSPS) is 17.2. The summed E-state index contributed by atoms with van der Waals surface area (Å²) in [4.78, 5) is 5.34. The van der Waals surface area contributed by atoms with Crippen molar-refractivity contribution in [1.29, 1.82) is 0 Å². The molecular weight excluding hydrogens is 412 g/mol. The number of para-hydroxylation sites is 1. The molecule has 1 aliphatic carbocycles. The molecule has 0 radical (unpaired) electrons. The molecule has 10 heteroatoms. The van der Waals surface area contributed by atoms with Gasteiger partial charge in [0.05, 0.1) is 11.1 Å². The van der Waals surface area contributed by atoms with Crippen LogP contribution < -0.4 is 5.32 Å². The average molecular weight is 435 g/mol. The van der Waals surface area contributed by atoms with Crippen molar-refractivity contribution >= 4 is 10.9 Å². The molecule has 0 saturated heterocycles. The van der Waals surface area contributed by atoms with Crippen LogP contribution in [0.4, 0.5) is 26.3 Å². The molecule has 0 spiro atoms. The van der Waals surface area contributed by atoms with E-state index in [9.17, 15) is 31.4 Å². The van der Waals surface area contributed by atoms with E-state index < -0.39 is 35.4 Å². The van der Waals surface area contributed by atoms with Crippen LogP contribution in [-0.4, -0.2) is 41.2 Å². The van der Waals surface area contributed by atoms with Gasteiger partial charge >= 0.3 is 12.4 Å². The number of halogens is 6. The van der Waals surface area contributed by atoms with E-state index >= 15 is 0 Å². The molecule has 0 amide bonds. The maximum absolute atomic E-state index is 13.3. The number of likely N-dealkylation sites (N-methyl/N-ethyl adjacent to an activating group) is 1. The lowest BCUT2D eigenvalue weighted by Gasteiger charge is -2.25. The predicted octanol–water partition coefficient (Wildman–Crippen LogP) is 4.73. The van der Waals surface area contributed by atoms with Gasteiger partial charge in [-0.25, -0.2) is 4.98 Å². The maximum atomic E-state index is 13.3. The van der Waals surface area contributed by atoms with Crippen LogP contribution in [0.5, 0.6) is 0 Å². The number of nitrogens with zero attached hydrogens (tertiary/aromatic N) is 2. The molecule has 166 valence electrons. The highest BCUT2D eigenvalue weighted by Crippen LogP contribution is 2.38. The summed E-state index contributed by atoms with van der Waals surface area (Å²) in [6, 6.07) is 4.01. The number of aromatic nitrogens is 1. The van der Waals surface area contributed by atoms with Gasteiger partial charge in [-0.3, -0.25) is 5.32 Å². The van der Waals surface area contributed by atoms with Gasteiger partial charge < -0.3 is 10.0 Å². The second kappa shape index (κ2) is 8.68. The third kappa shape index (κ3) is 5.04. The number of fused-ring (bicyclic) bond motifs is 1. The van der Waals surface area contributed by atoms with Crippen molar-refractivity contribution in [2.45, 2.75) is 50.3 Å². The minimum atomic E-state index is -4.95. The average Bonchev–Trinajstić information content (AvgIpc) is 3.19. The third-order valence-corrected chi connectivity index (χ3v) is 5.51. The smallest absolute Gasteiger partial charge is 0.374 e. The van der Waals surface area contributed by atoms with Crippen LogP contribution in [0.25, 0.3) is 10.9 Å². The van der Waals surface area contributed by atoms with E-state index in [1.54, 1.807) is 0 Å². The van der Waals surface area contributed by atoms with Crippen molar-refractivity contribution < 1.29 is 31.4 Å². The van der Waals surface area contributed by atoms with Gasteiger partial charge in [0, 0.05) is 30.1 Å². The maximum Gasteiger partial charge on any atom is 0.433 e. The van der Waals surface area contributed by atoms with Crippen molar-refractivity contribution in [2.24, 2.45) is 0 Å². The van der Waals surface area contributed by atoms with Crippen LogP contribution in [-0.2, 0) is 12.4 Å². The molecule has 1 atom stereocenters. The molecule has 3 rings (SSSR count). The number of aliphatic hydroxyl groups excluding tert-OH is 1. The van der Waals surface area contributed by atoms with E-state index in [1.165, 1.54) is 6.07 Å². The van der Waals surface area contributed by atoms with Crippen molar-refractivity contribution in [3.8, 4) is 0 Å². The Bertz CT molecular complexity index is 877. The summed E-state index contributed by atoms with van der Waals surface area (Å²) in [6.07, 6.45) is -6.96. The number of benzene rings is 1. The molecular formula is C20H23F6N3O. The molecule has 0 aliphatic heterocycles. The Labute approximate surface area is 169 Å². The number of aliphatic hydroxyl groups is 1. The number of alkyl halides is 6. The molecule has 1 unspecified atom stereocenters. The van der Waals surface area contributed by atoms with Gasteiger partial charge in [0.25, 0.3) is 0 Å². The highest BCUT2D eigenvalue weighted by molar-refractivity contribution is 5.86. The predicted molar refractivity (Wildman–Crippen MR) is 99.6 cm³/mol. The molecule has 1 aliphatic rings. The highest BCUT2D eigenvalue weighted by Gasteiger charge is 2.38. The molecule has 1 heterocycles. The summed E-state index contributed by atoms with van der Waals surface area (Å²) >= 11 is 0. The lowest BCUT2D eigenvalue weighted by molar-refractivity contribution is -0.142. The van der Waals surface area contributed by atoms with E-state index in [4.69, 9.17) is 0 Å². The number of nitrogens with one attached hydrogen (secondary N) is 1. The fourth-order valence-corrected chi connectivity index (χ4v) is 3.89. The highest BCUT2D eigenvalue weighted by atomic mass is 19.4. The van der Waals surface area contributed by atoms with E-state index in [1.807, 2.05) is 7.05 Å². The zero-order valence-electron chi connectivity index (χ0n) is 16.3. The number of rotatable bonds is 6. The second-order valence-electron chi connectivity index (χ2n) is 7.57. The molecule has 1 fully saturated rings. The topological polar surface area (TPSA) is 48.4 Å². The van der Waals surface area contributed by atoms with Gasteiger partial charge in [0.15, 0.2) is 0 Å². The number of hydrogen-bond donors (Lipinski definition) is 2. The molecule has 2 aromatic rings. The fourth-order valence-electron chi connectivity index (χ4n) is 3.89. The lowest BCUT2D eigenvalue weighted by atomic mass is 10.0. The Kier molecular flexibility index (Phi) is 6.59. The Morgan fingerprint density at radius 1 is 1.13 bits per heavy atom. The SMILES string of the molecule is CN(CCNC(O)c1cc(C(F)(F)F)nc2c(C(F)(F)F)cccc12)C1CCCC1. The van der Waals surface area contributed by atoms with Crippen LogP contribution in [0.2, 0.25) is 0 Å². The summed E-state index contributed by atoms with van der Waals surface area (Å²) in [5.41, 5.74) is -3.88. The summed E-state index contributed by atoms with van der Waals surface area (Å²) < 4.78 is 79.7. The number of pyridine rings is 1. The Morgan fingerprint density at radius 3 is 2.40 bits per heavy atom. The van der Waals surface area contributed by atoms with Crippen molar-refractivity contribution in [3.63, 3.8) is 0 Å². The van der Waals surface area contributed by atoms with Gasteiger partial charge in [-0.2, -0.15) is 26.3 Å². The molecule has 1 saturated carbocycles. The summed E-state index contributed by atoms with van der Waals surface area (Å²) in [5.74, 6) is 0. The minimum Gasteiger partial charge on any atom is -0.374 e. The molecule has 1 aromatic heterocycles. The minimum absolute atomic E-state index is 0.179. The summed E-state index contributed by atoms with van der Waals surface area (Å²) in [6.45, 7) is 0.808. The van der Waals surface area contributed by atoms with Gasteiger partial charge in [-0.05, 0) is 32.0 Å². The lowest BCUT2D eigenvalue weighted by Crippen LogP contribution is -2.36. The van der Waals surface area contributed by atoms with Gasteiger partial charge in [0.2, 0.25) is 0 Å². The fraction of sp³-hybridized carbons (Fsp3) is 0.550. The van der Waals surface area contributed by atoms with E-state index in [2.05, 4.69) is 15.2 Å². The quantitative estimate of drug-likeness (QED) is 0.509. The molecule has 4 nitrogen and oxygen atoms in total. The Hall–Kier alpha value is -1.91. The van der Waals surface area contributed by atoms with Crippen molar-refractivity contribution in [3.05, 3.63) is 41.1 Å².